The Labute approximate surface area is 135 Å². The molecule has 6 nitrogen and oxygen atoms in total. The van der Waals surface area contributed by atoms with Gasteiger partial charge >= 0.3 is 0 Å². The van der Waals surface area contributed by atoms with Crippen LogP contribution in [0.4, 0.5) is 20.2 Å². The lowest BCUT2D eigenvalue weighted by molar-refractivity contribution is -0.384. The maximum atomic E-state index is 14.2. The first-order valence-electron chi connectivity index (χ1n) is 6.93. The lowest BCUT2D eigenvalue weighted by atomic mass is 9.99. The molecule has 0 saturated carbocycles. The molecule has 122 valence electrons. The minimum atomic E-state index is -0.858. The Morgan fingerprint density at radius 3 is 2.58 bits per heavy atom. The normalized spacial score (nSPS) is 14.0. The van der Waals surface area contributed by atoms with E-state index in [1.807, 2.05) is 0 Å². The lowest BCUT2D eigenvalue weighted by Gasteiger charge is -2.17. The molecule has 0 aromatic heterocycles. The van der Waals surface area contributed by atoms with Gasteiger partial charge in [-0.3, -0.25) is 19.9 Å². The van der Waals surface area contributed by atoms with Crippen LogP contribution in [-0.2, 0) is 4.79 Å². The molecule has 1 aliphatic rings. The second-order valence-corrected chi connectivity index (χ2v) is 5.20. The van der Waals surface area contributed by atoms with Gasteiger partial charge in [-0.25, -0.2) is 8.78 Å². The number of amides is 1. The summed E-state index contributed by atoms with van der Waals surface area (Å²) in [6.07, 6.45) is 0. The van der Waals surface area contributed by atoms with E-state index in [1.165, 1.54) is 36.2 Å². The van der Waals surface area contributed by atoms with Gasteiger partial charge in [-0.1, -0.05) is 0 Å². The Kier molecular flexibility index (Phi) is 3.80. The topological polar surface area (TPSA) is 75.8 Å². The number of carbonyl (C=O) groups excluding carboxylic acids is 1. The predicted octanol–water partition coefficient (Wildman–Crippen LogP) is 2.69. The number of halogens is 2. The van der Waals surface area contributed by atoms with Crippen molar-refractivity contribution >= 4 is 23.0 Å². The van der Waals surface area contributed by atoms with Crippen molar-refractivity contribution < 1.29 is 18.5 Å². The van der Waals surface area contributed by atoms with Crippen molar-refractivity contribution in [1.29, 1.82) is 0 Å². The maximum Gasteiger partial charge on any atom is 0.270 e. The molecule has 3 rings (SSSR count). The van der Waals surface area contributed by atoms with Gasteiger partial charge < -0.3 is 4.90 Å². The van der Waals surface area contributed by atoms with E-state index < -0.39 is 16.6 Å². The van der Waals surface area contributed by atoms with Crippen LogP contribution >= 0.6 is 0 Å². The standard InChI is InChI=1S/C16H11F2N3O3/c1-20-14-5-3-10(21(23)24)7-12(14)16(19-8-15(20)22)11-4-2-9(17)6-13(11)18/h2-7H,8H2,1H3. The number of hydrogen-bond acceptors (Lipinski definition) is 4. The highest BCUT2D eigenvalue weighted by atomic mass is 19.1. The van der Waals surface area contributed by atoms with E-state index in [4.69, 9.17) is 0 Å². The Morgan fingerprint density at radius 1 is 1.17 bits per heavy atom. The van der Waals surface area contributed by atoms with Crippen molar-refractivity contribution in [3.63, 3.8) is 0 Å². The van der Waals surface area contributed by atoms with E-state index in [2.05, 4.69) is 4.99 Å². The van der Waals surface area contributed by atoms with Crippen molar-refractivity contribution in [2.45, 2.75) is 0 Å². The molecule has 0 aliphatic carbocycles. The molecule has 0 bridgehead atoms. The zero-order valence-electron chi connectivity index (χ0n) is 12.5. The van der Waals surface area contributed by atoms with Crippen LogP contribution < -0.4 is 4.90 Å². The van der Waals surface area contributed by atoms with Crippen molar-refractivity contribution in [2.75, 3.05) is 18.5 Å². The molecule has 8 heteroatoms. The first-order chi connectivity index (χ1) is 11.4. The highest BCUT2D eigenvalue weighted by Crippen LogP contribution is 2.30. The second kappa shape index (κ2) is 5.80. The van der Waals surface area contributed by atoms with E-state index in [1.54, 1.807) is 0 Å². The average Bonchev–Trinajstić information content (AvgIpc) is 2.66. The van der Waals surface area contributed by atoms with Gasteiger partial charge in [-0.15, -0.1) is 0 Å². The van der Waals surface area contributed by atoms with Crippen molar-refractivity contribution in [3.8, 4) is 0 Å². The maximum absolute atomic E-state index is 14.2. The fraction of sp³-hybridized carbons (Fsp3) is 0.125. The molecule has 1 amide bonds. The van der Waals surface area contributed by atoms with Crippen LogP contribution in [0.1, 0.15) is 11.1 Å². The van der Waals surface area contributed by atoms with E-state index >= 15 is 0 Å². The van der Waals surface area contributed by atoms with Crippen LogP contribution in [0.2, 0.25) is 0 Å². The summed E-state index contributed by atoms with van der Waals surface area (Å²) in [6, 6.07) is 6.86. The molecule has 0 atom stereocenters. The number of non-ortho nitro benzene ring substituents is 1. The Morgan fingerprint density at radius 2 is 1.92 bits per heavy atom. The predicted molar refractivity (Wildman–Crippen MR) is 83.4 cm³/mol. The molecule has 2 aromatic rings. The van der Waals surface area contributed by atoms with Gasteiger partial charge in [0.1, 0.15) is 18.2 Å². The molecule has 0 spiro atoms. The second-order valence-electron chi connectivity index (χ2n) is 5.20. The zero-order chi connectivity index (χ0) is 17.4. The van der Waals surface area contributed by atoms with Crippen molar-refractivity contribution in [2.24, 2.45) is 4.99 Å². The van der Waals surface area contributed by atoms with Crippen LogP contribution in [0.3, 0.4) is 0 Å². The van der Waals surface area contributed by atoms with E-state index in [-0.39, 0.29) is 35.0 Å². The van der Waals surface area contributed by atoms with Gasteiger partial charge in [0.15, 0.2) is 0 Å². The summed E-state index contributed by atoms with van der Waals surface area (Å²) in [5, 5.41) is 11.0. The largest absolute Gasteiger partial charge is 0.313 e. The number of hydrogen-bond donors (Lipinski definition) is 0. The molecule has 1 aliphatic heterocycles. The first kappa shape index (κ1) is 15.7. The highest BCUT2D eigenvalue weighted by Gasteiger charge is 2.26. The lowest BCUT2D eigenvalue weighted by Crippen LogP contribution is -2.27. The number of benzodiazepines with no additional fused rings is 1. The average molecular weight is 331 g/mol. The quantitative estimate of drug-likeness (QED) is 0.627. The molecule has 0 saturated heterocycles. The third-order valence-corrected chi connectivity index (χ3v) is 3.74. The summed E-state index contributed by atoms with van der Waals surface area (Å²) in [4.78, 5) is 27.9. The summed E-state index contributed by atoms with van der Waals surface area (Å²) in [6.45, 7) is -0.245. The van der Waals surface area contributed by atoms with Gasteiger partial charge in [0.05, 0.1) is 16.3 Å². The van der Waals surface area contributed by atoms with Gasteiger partial charge in [-0.2, -0.15) is 0 Å². The van der Waals surface area contributed by atoms with Crippen LogP contribution in [0.25, 0.3) is 0 Å². The number of fused-ring (bicyclic) bond motifs is 1. The number of aliphatic imine (C=N–C) groups is 1. The van der Waals surface area contributed by atoms with Crippen molar-refractivity contribution in [1.82, 2.24) is 0 Å². The summed E-state index contributed by atoms with van der Waals surface area (Å²) in [5.41, 5.74) is 0.436. The van der Waals surface area contributed by atoms with E-state index in [9.17, 15) is 23.7 Å². The van der Waals surface area contributed by atoms with Crippen LogP contribution in [0, 0.1) is 21.7 Å². The molecule has 2 aromatic carbocycles. The van der Waals surface area contributed by atoms with E-state index in [0.717, 1.165) is 6.07 Å². The summed E-state index contributed by atoms with van der Waals surface area (Å²) in [7, 11) is 1.51. The Hall–Kier alpha value is -3.16. The molecule has 0 unspecified atom stereocenters. The van der Waals surface area contributed by atoms with Crippen LogP contribution in [0.15, 0.2) is 41.4 Å². The molecule has 0 N–H and O–H groups in total. The van der Waals surface area contributed by atoms with E-state index in [0.29, 0.717) is 11.8 Å². The van der Waals surface area contributed by atoms with Crippen LogP contribution in [-0.4, -0.2) is 30.1 Å². The summed E-state index contributed by atoms with van der Waals surface area (Å²) in [5.74, 6) is -1.95. The zero-order valence-corrected chi connectivity index (χ0v) is 12.5. The Bertz CT molecular complexity index is 896. The molecule has 24 heavy (non-hydrogen) atoms. The number of nitro benzene ring substituents is 1. The van der Waals surface area contributed by atoms with Gasteiger partial charge in [0, 0.05) is 36.4 Å². The molecule has 0 radical (unpaired) electrons. The highest BCUT2D eigenvalue weighted by molar-refractivity contribution is 6.19. The smallest absolute Gasteiger partial charge is 0.270 e. The number of likely N-dealkylation sites (N-methyl/N-ethyl adjacent to an activating group) is 1. The molecular weight excluding hydrogens is 320 g/mol. The third kappa shape index (κ3) is 2.62. The van der Waals surface area contributed by atoms with Crippen molar-refractivity contribution in [3.05, 3.63) is 69.3 Å². The number of nitrogens with zero attached hydrogens (tertiary/aromatic N) is 3. The first-order valence-corrected chi connectivity index (χ1v) is 6.93. The van der Waals surface area contributed by atoms with Gasteiger partial charge in [0.2, 0.25) is 5.91 Å². The number of anilines is 1. The molecule has 1 heterocycles. The number of carbonyl (C=O) groups is 1. The van der Waals surface area contributed by atoms with Gasteiger partial charge in [0.25, 0.3) is 5.69 Å². The number of nitro groups is 1. The minimum Gasteiger partial charge on any atom is -0.313 e. The number of benzene rings is 2. The molecule has 0 fully saturated rings. The SMILES string of the molecule is CN1C(=O)CN=C(c2ccc(F)cc2F)c2cc([N+](=O)[O-])ccc21. The summed E-state index contributed by atoms with van der Waals surface area (Å²) >= 11 is 0. The fourth-order valence-corrected chi connectivity index (χ4v) is 2.50. The number of rotatable bonds is 2. The Balaban J connectivity index is 2.27. The monoisotopic (exact) mass is 331 g/mol. The fourth-order valence-electron chi connectivity index (χ4n) is 2.50. The summed E-state index contributed by atoms with van der Waals surface area (Å²) < 4.78 is 27.3. The third-order valence-electron chi connectivity index (χ3n) is 3.74. The van der Waals surface area contributed by atoms with Gasteiger partial charge in [-0.05, 0) is 18.2 Å². The van der Waals surface area contributed by atoms with Crippen LogP contribution in [0.5, 0.6) is 0 Å². The minimum absolute atomic E-state index is 0.0266. The molecular formula is C16H11F2N3O3.